The summed E-state index contributed by atoms with van der Waals surface area (Å²) in [6.45, 7) is 3.24. The van der Waals surface area contributed by atoms with Crippen molar-refractivity contribution < 1.29 is 159 Å². The number of benzene rings is 2. The third kappa shape index (κ3) is 17.9. The summed E-state index contributed by atoms with van der Waals surface area (Å²) in [5.41, 5.74) is 0.00379. The molecule has 0 radical (unpaired) electrons. The van der Waals surface area contributed by atoms with Crippen LogP contribution in [0.5, 0.6) is 0 Å². The molecule has 360 valence electrons. The summed E-state index contributed by atoms with van der Waals surface area (Å²) in [4.78, 5) is 29.3. The molecular weight excluding hydrogens is 983 g/mol. The number of hydrogen-bond acceptors (Lipinski definition) is 24. The van der Waals surface area contributed by atoms with Gasteiger partial charge in [0.25, 0.3) is 0 Å². The summed E-state index contributed by atoms with van der Waals surface area (Å²) in [6, 6.07) is 7.69. The fraction of sp³-hybridized carbons (Fsp3) is 0.500. The number of piperidine rings is 2. The van der Waals surface area contributed by atoms with Crippen LogP contribution in [0.2, 0.25) is 0 Å². The summed E-state index contributed by atoms with van der Waals surface area (Å²) in [5, 5.41) is 49.5. The van der Waals surface area contributed by atoms with Crippen LogP contribution in [0, 0.1) is 11.8 Å². The van der Waals surface area contributed by atoms with Gasteiger partial charge >= 0.3 is 103 Å². The SMILES string of the molecule is O=S(=O)([O-])c1cc(Nc2nc(NCCOCCO)nc(N3CCCC(CO)C3)n2)ccc1/C=C/c1ccc(Nc2nc(NCCOCCO)nc(N3CCCC(CO)C3)n2)cc1S(=O)(=O)[O-].[K+].[K+]. The average Bonchev–Trinajstić information content (AvgIpc) is 3.30. The number of rotatable bonds is 24. The molecule has 8 N–H and O–H groups in total. The number of hydrogen-bond donors (Lipinski definition) is 8. The zero-order valence-electron chi connectivity index (χ0n) is 38.0. The van der Waals surface area contributed by atoms with Crippen LogP contribution in [0.1, 0.15) is 36.8 Å². The Morgan fingerprint density at radius 2 is 1.00 bits per heavy atom. The van der Waals surface area contributed by atoms with Gasteiger partial charge in [-0.2, -0.15) is 29.9 Å². The zero-order chi connectivity index (χ0) is 47.1. The maximum atomic E-state index is 12.6. The summed E-state index contributed by atoms with van der Waals surface area (Å²) in [5.74, 6) is 0.931. The molecule has 4 heterocycles. The Bertz CT molecular complexity index is 2330. The molecule has 2 unspecified atom stereocenters. The number of nitrogens with zero attached hydrogens (tertiary/aromatic N) is 8. The molecule has 2 aliphatic rings. The molecule has 68 heavy (non-hydrogen) atoms. The van der Waals surface area contributed by atoms with E-state index in [1.54, 1.807) is 0 Å². The minimum atomic E-state index is -5.14. The van der Waals surface area contributed by atoms with E-state index in [0.29, 0.717) is 26.2 Å². The Balaban J connectivity index is 0.00000504. The first-order valence-corrected chi connectivity index (χ1v) is 24.1. The molecule has 0 saturated carbocycles. The van der Waals surface area contributed by atoms with Gasteiger partial charge < -0.3 is 70.1 Å². The molecule has 2 aromatic carbocycles. The molecule has 0 bridgehead atoms. The first-order chi connectivity index (χ1) is 31.8. The predicted octanol–water partition coefficient (Wildman–Crippen LogP) is -5.21. The number of aliphatic hydroxyl groups excluding tert-OH is 4. The Kier molecular flexibility index (Phi) is 24.7. The fourth-order valence-electron chi connectivity index (χ4n) is 7.25. The van der Waals surface area contributed by atoms with Crippen LogP contribution < -0.4 is 134 Å². The van der Waals surface area contributed by atoms with Gasteiger partial charge in [-0.05, 0) is 72.9 Å². The van der Waals surface area contributed by atoms with Crippen LogP contribution >= 0.6 is 0 Å². The van der Waals surface area contributed by atoms with E-state index in [1.165, 1.54) is 36.4 Å². The standard InChI is InChI=1S/C40H56N12O12S2.2K/c53-15-19-63-17-11-41-35-45-37(49-39(47-35)51-13-1-3-27(23-51)25-55)43-31-9-7-29(33(21-31)65(57,58)59)5-6-30-8-10-32(22-34(30)66(60,61)62)44-38-46-36(42-12-18-64-20-16-54)48-40(50-38)52-14-2-4-28(24-52)26-56;;/h5-10,21-22,27-28,53-56H,1-4,11-20,23-26H2,(H,57,58,59)(H,60,61,62)(H2,41,43,45,47,49)(H2,42,44,46,48,50);;/q;2*+1/p-2/b6-5+;;. The molecule has 6 rings (SSSR count). The summed E-state index contributed by atoms with van der Waals surface area (Å²) >= 11 is 0. The Hall–Kier alpha value is -2.15. The van der Waals surface area contributed by atoms with E-state index in [9.17, 15) is 36.2 Å². The number of nitrogens with one attached hydrogen (secondary N) is 4. The van der Waals surface area contributed by atoms with Crippen molar-refractivity contribution in [2.24, 2.45) is 11.8 Å². The summed E-state index contributed by atoms with van der Waals surface area (Å²) in [6.07, 6.45) is 5.64. The van der Waals surface area contributed by atoms with Crippen LogP contribution in [-0.4, -0.2) is 168 Å². The average molecular weight is 1040 g/mol. The van der Waals surface area contributed by atoms with Crippen molar-refractivity contribution in [2.75, 3.05) is 123 Å². The van der Waals surface area contributed by atoms with Crippen molar-refractivity contribution in [3.05, 3.63) is 47.5 Å². The number of aromatic nitrogens is 6. The van der Waals surface area contributed by atoms with Crippen molar-refractivity contribution in [2.45, 2.75) is 35.5 Å². The van der Waals surface area contributed by atoms with E-state index in [1.807, 2.05) is 9.80 Å². The van der Waals surface area contributed by atoms with Crippen LogP contribution in [0.4, 0.5) is 47.1 Å². The maximum Gasteiger partial charge on any atom is 1.00 e. The maximum absolute atomic E-state index is 12.6. The smallest absolute Gasteiger partial charge is 0.744 e. The molecule has 2 aliphatic heterocycles. The molecule has 0 aliphatic carbocycles. The molecule has 28 heteroatoms. The van der Waals surface area contributed by atoms with E-state index in [0.717, 1.165) is 37.8 Å². The van der Waals surface area contributed by atoms with Crippen molar-refractivity contribution in [1.82, 2.24) is 29.9 Å². The second-order valence-electron chi connectivity index (χ2n) is 15.4. The largest absolute Gasteiger partial charge is 1.00 e. The second-order valence-corrected chi connectivity index (χ2v) is 18.1. The van der Waals surface area contributed by atoms with Crippen LogP contribution in [-0.2, 0) is 29.7 Å². The topological polar surface area (TPSA) is 346 Å². The van der Waals surface area contributed by atoms with Crippen LogP contribution in [0.3, 0.4) is 0 Å². The summed E-state index contributed by atoms with van der Waals surface area (Å²) < 4.78 is 86.4. The quantitative estimate of drug-likeness (QED) is 0.0141. The van der Waals surface area contributed by atoms with Crippen LogP contribution in [0.15, 0.2) is 46.2 Å². The fourth-order valence-corrected chi connectivity index (χ4v) is 8.64. The third-order valence-corrected chi connectivity index (χ3v) is 12.2. The summed E-state index contributed by atoms with van der Waals surface area (Å²) in [7, 11) is -10.3. The first kappa shape index (κ1) is 58.4. The zero-order valence-corrected chi connectivity index (χ0v) is 45.8. The van der Waals surface area contributed by atoms with Gasteiger partial charge in [0.2, 0.25) is 35.7 Å². The van der Waals surface area contributed by atoms with E-state index >= 15 is 0 Å². The van der Waals surface area contributed by atoms with E-state index in [4.69, 9.17) is 19.7 Å². The van der Waals surface area contributed by atoms with E-state index < -0.39 is 30.0 Å². The third-order valence-electron chi connectivity index (χ3n) is 10.4. The molecular formula is C40H54K2N12O12S2. The first-order valence-electron chi connectivity index (χ1n) is 21.3. The molecule has 2 saturated heterocycles. The van der Waals surface area contributed by atoms with Crippen molar-refractivity contribution >= 4 is 79.5 Å². The van der Waals surface area contributed by atoms with Gasteiger partial charge in [0, 0.05) is 63.9 Å². The van der Waals surface area contributed by atoms with Gasteiger partial charge in [0.05, 0.1) is 49.4 Å². The van der Waals surface area contributed by atoms with Crippen molar-refractivity contribution in [3.8, 4) is 0 Å². The van der Waals surface area contributed by atoms with Crippen molar-refractivity contribution in [3.63, 3.8) is 0 Å². The Morgan fingerprint density at radius 3 is 1.37 bits per heavy atom. The second kappa shape index (κ2) is 28.8. The van der Waals surface area contributed by atoms with E-state index in [-0.39, 0.29) is 239 Å². The number of aliphatic hydroxyl groups is 4. The van der Waals surface area contributed by atoms with Gasteiger partial charge in [-0.1, -0.05) is 24.3 Å². The van der Waals surface area contributed by atoms with Crippen LogP contribution in [0.25, 0.3) is 12.2 Å². The molecule has 0 spiro atoms. The van der Waals surface area contributed by atoms with Crippen molar-refractivity contribution in [1.29, 1.82) is 0 Å². The van der Waals surface area contributed by atoms with Gasteiger partial charge in [-0.15, -0.1) is 0 Å². The Labute approximate surface area is 479 Å². The predicted molar refractivity (Wildman–Crippen MR) is 241 cm³/mol. The molecule has 4 aromatic rings. The molecule has 2 aromatic heterocycles. The number of anilines is 8. The molecule has 24 nitrogen and oxygen atoms in total. The minimum Gasteiger partial charge on any atom is -0.744 e. The van der Waals surface area contributed by atoms with Gasteiger partial charge in [0.15, 0.2) is 0 Å². The molecule has 2 fully saturated rings. The molecule has 0 amide bonds. The normalized spacial score (nSPS) is 16.5. The molecule has 2 atom stereocenters. The Morgan fingerprint density at radius 1 is 0.603 bits per heavy atom. The van der Waals surface area contributed by atoms with Gasteiger partial charge in [0.1, 0.15) is 20.2 Å². The minimum absolute atomic E-state index is 0. The van der Waals surface area contributed by atoms with E-state index in [2.05, 4.69) is 51.2 Å². The van der Waals surface area contributed by atoms with Gasteiger partial charge in [-0.3, -0.25) is 0 Å². The monoisotopic (exact) mass is 1040 g/mol. The number of ether oxygens (including phenoxy) is 2. The van der Waals surface area contributed by atoms with Gasteiger partial charge in [-0.25, -0.2) is 16.8 Å².